The van der Waals surface area contributed by atoms with Gasteiger partial charge in [0.1, 0.15) is 0 Å². The van der Waals surface area contributed by atoms with E-state index in [1.54, 1.807) is 43.3 Å². The van der Waals surface area contributed by atoms with Crippen LogP contribution < -0.4 is 10.0 Å². The number of carbonyl (C=O) groups excluding carboxylic acids is 2. The van der Waals surface area contributed by atoms with Gasteiger partial charge in [0.15, 0.2) is 0 Å². The van der Waals surface area contributed by atoms with Crippen LogP contribution in [0.25, 0.3) is 0 Å². The van der Waals surface area contributed by atoms with Crippen molar-refractivity contribution in [3.8, 4) is 0 Å². The molecular formula is C24H31N3O4S. The summed E-state index contributed by atoms with van der Waals surface area (Å²) in [6.45, 7) is 8.62. The minimum absolute atomic E-state index is 0.102. The molecule has 32 heavy (non-hydrogen) atoms. The number of likely N-dealkylation sites (tertiary alicyclic amines) is 1. The van der Waals surface area contributed by atoms with Crippen molar-refractivity contribution in [1.29, 1.82) is 0 Å². The lowest BCUT2D eigenvalue weighted by Gasteiger charge is -2.35. The van der Waals surface area contributed by atoms with E-state index in [4.69, 9.17) is 0 Å². The normalized spacial score (nSPS) is 15.3. The first-order valence-corrected chi connectivity index (χ1v) is 12.2. The van der Waals surface area contributed by atoms with E-state index in [2.05, 4.69) is 10.0 Å². The van der Waals surface area contributed by atoms with Crippen LogP contribution in [0.2, 0.25) is 0 Å². The molecule has 0 aromatic heterocycles. The molecule has 2 aromatic rings. The molecule has 7 nitrogen and oxygen atoms in total. The molecule has 2 aromatic carbocycles. The number of amides is 2. The van der Waals surface area contributed by atoms with E-state index in [1.165, 1.54) is 12.1 Å². The number of nitrogens with one attached hydrogen (secondary N) is 2. The fourth-order valence-corrected chi connectivity index (χ4v) is 4.82. The lowest BCUT2D eigenvalue weighted by molar-refractivity contribution is -0.142. The molecule has 1 aliphatic rings. The van der Waals surface area contributed by atoms with Crippen LogP contribution in [0.4, 0.5) is 11.4 Å². The molecule has 0 atom stereocenters. The third-order valence-electron chi connectivity index (χ3n) is 5.60. The number of benzene rings is 2. The SMILES string of the molecule is Cc1ccc(NC(=O)C2CCN(C(=O)C(C)(C)C)CC2)cc1NS(=O)(=O)c1ccccc1. The van der Waals surface area contributed by atoms with Crippen molar-refractivity contribution in [3.05, 3.63) is 54.1 Å². The zero-order chi connectivity index (χ0) is 23.5. The van der Waals surface area contributed by atoms with Gasteiger partial charge in [0.25, 0.3) is 10.0 Å². The number of hydrogen-bond donors (Lipinski definition) is 2. The second-order valence-electron chi connectivity index (χ2n) is 9.25. The van der Waals surface area contributed by atoms with E-state index in [-0.39, 0.29) is 22.6 Å². The highest BCUT2D eigenvalue weighted by molar-refractivity contribution is 7.92. The quantitative estimate of drug-likeness (QED) is 0.709. The smallest absolute Gasteiger partial charge is 0.261 e. The minimum Gasteiger partial charge on any atom is -0.342 e. The molecule has 0 bridgehead atoms. The van der Waals surface area contributed by atoms with Gasteiger partial charge < -0.3 is 10.2 Å². The van der Waals surface area contributed by atoms with Gasteiger partial charge in [-0.05, 0) is 49.6 Å². The van der Waals surface area contributed by atoms with Gasteiger partial charge in [-0.3, -0.25) is 14.3 Å². The average molecular weight is 458 g/mol. The van der Waals surface area contributed by atoms with Crippen molar-refractivity contribution in [2.24, 2.45) is 11.3 Å². The first-order valence-electron chi connectivity index (χ1n) is 10.8. The number of anilines is 2. The van der Waals surface area contributed by atoms with Crippen molar-refractivity contribution in [1.82, 2.24) is 4.90 Å². The Morgan fingerprint density at radius 2 is 1.62 bits per heavy atom. The first-order chi connectivity index (χ1) is 15.0. The molecule has 1 fully saturated rings. The third-order valence-corrected chi connectivity index (χ3v) is 6.98. The van der Waals surface area contributed by atoms with Gasteiger partial charge in [0.2, 0.25) is 11.8 Å². The van der Waals surface area contributed by atoms with Crippen LogP contribution in [0, 0.1) is 18.3 Å². The number of sulfonamides is 1. The zero-order valence-electron chi connectivity index (χ0n) is 19.0. The lowest BCUT2D eigenvalue weighted by Crippen LogP contribution is -2.45. The molecule has 3 rings (SSSR count). The number of rotatable bonds is 5. The summed E-state index contributed by atoms with van der Waals surface area (Å²) >= 11 is 0. The first kappa shape index (κ1) is 23.8. The Balaban J connectivity index is 1.65. The summed E-state index contributed by atoms with van der Waals surface area (Å²) in [7, 11) is -3.73. The molecule has 2 amide bonds. The van der Waals surface area contributed by atoms with E-state index in [0.29, 0.717) is 37.3 Å². The van der Waals surface area contributed by atoms with Gasteiger partial charge in [-0.1, -0.05) is 45.0 Å². The molecular weight excluding hydrogens is 426 g/mol. The topological polar surface area (TPSA) is 95.6 Å². The van der Waals surface area contributed by atoms with Crippen molar-refractivity contribution < 1.29 is 18.0 Å². The molecule has 0 radical (unpaired) electrons. The van der Waals surface area contributed by atoms with Gasteiger partial charge in [0, 0.05) is 30.1 Å². The average Bonchev–Trinajstić information content (AvgIpc) is 2.75. The Kier molecular flexibility index (Phi) is 6.93. The summed E-state index contributed by atoms with van der Waals surface area (Å²) in [4.78, 5) is 27.2. The Labute approximate surface area is 190 Å². The van der Waals surface area contributed by atoms with E-state index < -0.39 is 15.4 Å². The molecule has 1 heterocycles. The Morgan fingerprint density at radius 3 is 2.22 bits per heavy atom. The Morgan fingerprint density at radius 1 is 1.00 bits per heavy atom. The molecule has 1 aliphatic heterocycles. The van der Waals surface area contributed by atoms with Crippen LogP contribution in [0.3, 0.4) is 0 Å². The summed E-state index contributed by atoms with van der Waals surface area (Å²) < 4.78 is 27.9. The van der Waals surface area contributed by atoms with Gasteiger partial charge in [0.05, 0.1) is 10.6 Å². The number of aryl methyl sites for hydroxylation is 1. The van der Waals surface area contributed by atoms with E-state index in [0.717, 1.165) is 5.56 Å². The summed E-state index contributed by atoms with van der Waals surface area (Å²) in [5, 5.41) is 2.90. The second-order valence-corrected chi connectivity index (χ2v) is 10.9. The molecule has 0 saturated carbocycles. The fourth-order valence-electron chi connectivity index (χ4n) is 3.68. The summed E-state index contributed by atoms with van der Waals surface area (Å²) in [6, 6.07) is 13.3. The van der Waals surface area contributed by atoms with E-state index in [1.807, 2.05) is 25.7 Å². The Bertz CT molecular complexity index is 1080. The number of piperidine rings is 1. The fraction of sp³-hybridized carbons (Fsp3) is 0.417. The van der Waals surface area contributed by atoms with Crippen LogP contribution in [-0.4, -0.2) is 38.2 Å². The summed E-state index contributed by atoms with van der Waals surface area (Å²) in [5.41, 5.74) is 1.26. The molecule has 0 aliphatic carbocycles. The monoisotopic (exact) mass is 457 g/mol. The zero-order valence-corrected chi connectivity index (χ0v) is 19.8. The van der Waals surface area contributed by atoms with Crippen LogP contribution in [0.1, 0.15) is 39.2 Å². The molecule has 2 N–H and O–H groups in total. The van der Waals surface area contributed by atoms with Crippen LogP contribution in [-0.2, 0) is 19.6 Å². The van der Waals surface area contributed by atoms with Gasteiger partial charge in [-0.2, -0.15) is 0 Å². The highest BCUT2D eigenvalue weighted by Gasteiger charge is 2.32. The molecule has 0 spiro atoms. The predicted molar refractivity (Wildman–Crippen MR) is 126 cm³/mol. The van der Waals surface area contributed by atoms with Crippen molar-refractivity contribution in [3.63, 3.8) is 0 Å². The molecule has 1 saturated heterocycles. The molecule has 0 unspecified atom stereocenters. The van der Waals surface area contributed by atoms with Gasteiger partial charge in [-0.15, -0.1) is 0 Å². The van der Waals surface area contributed by atoms with Crippen molar-refractivity contribution in [2.75, 3.05) is 23.1 Å². The largest absolute Gasteiger partial charge is 0.342 e. The predicted octanol–water partition coefficient (Wildman–Crippen LogP) is 4.02. The third kappa shape index (κ3) is 5.68. The van der Waals surface area contributed by atoms with Gasteiger partial charge in [-0.25, -0.2) is 8.42 Å². The lowest BCUT2D eigenvalue weighted by atomic mass is 9.90. The standard InChI is InChI=1S/C24H31N3O4S/c1-17-10-11-19(16-21(17)26-32(30,31)20-8-6-5-7-9-20)25-22(28)18-12-14-27(15-13-18)23(29)24(2,3)4/h5-11,16,18,26H,12-15H2,1-4H3,(H,25,28). The maximum Gasteiger partial charge on any atom is 0.261 e. The van der Waals surface area contributed by atoms with Gasteiger partial charge >= 0.3 is 0 Å². The van der Waals surface area contributed by atoms with E-state index >= 15 is 0 Å². The number of hydrogen-bond acceptors (Lipinski definition) is 4. The number of nitrogens with zero attached hydrogens (tertiary/aromatic N) is 1. The second kappa shape index (κ2) is 9.32. The minimum atomic E-state index is -3.73. The van der Waals surface area contributed by atoms with Crippen LogP contribution in [0.15, 0.2) is 53.4 Å². The Hall–Kier alpha value is -2.87. The van der Waals surface area contributed by atoms with E-state index in [9.17, 15) is 18.0 Å². The van der Waals surface area contributed by atoms with Crippen molar-refractivity contribution >= 4 is 33.2 Å². The number of carbonyl (C=O) groups is 2. The van der Waals surface area contributed by atoms with Crippen LogP contribution in [0.5, 0.6) is 0 Å². The highest BCUT2D eigenvalue weighted by Crippen LogP contribution is 2.27. The van der Waals surface area contributed by atoms with Crippen LogP contribution >= 0.6 is 0 Å². The maximum absolute atomic E-state index is 12.8. The molecule has 8 heteroatoms. The summed E-state index contributed by atoms with van der Waals surface area (Å²) in [6.07, 6.45) is 1.21. The maximum atomic E-state index is 12.8. The molecule has 172 valence electrons. The highest BCUT2D eigenvalue weighted by atomic mass is 32.2. The summed E-state index contributed by atoms with van der Waals surface area (Å²) in [5.74, 6) is -0.205. The van der Waals surface area contributed by atoms with Crippen molar-refractivity contribution in [2.45, 2.75) is 45.4 Å².